The van der Waals surface area contributed by atoms with Crippen LogP contribution < -0.4 is 16.0 Å². The van der Waals surface area contributed by atoms with Crippen LogP contribution in [0.15, 0.2) is 35.4 Å². The van der Waals surface area contributed by atoms with Crippen LogP contribution in [0.1, 0.15) is 24.4 Å². The van der Waals surface area contributed by atoms with Gasteiger partial charge in [-0.1, -0.05) is 6.07 Å². The van der Waals surface area contributed by atoms with Gasteiger partial charge in [-0.15, -0.1) is 0 Å². The van der Waals surface area contributed by atoms with Gasteiger partial charge in [-0.3, -0.25) is 4.79 Å². The lowest BCUT2D eigenvalue weighted by molar-refractivity contribution is 0.440. The maximum Gasteiger partial charge on any atom is 0.313 e. The lowest BCUT2D eigenvalue weighted by Gasteiger charge is -2.08. The van der Waals surface area contributed by atoms with Crippen LogP contribution in [0.4, 0.5) is 4.39 Å². The molecule has 1 aliphatic rings. The normalized spacial score (nSPS) is 14.3. The van der Waals surface area contributed by atoms with E-state index >= 15 is 0 Å². The molecule has 20 heavy (non-hydrogen) atoms. The molecule has 0 amide bonds. The summed E-state index contributed by atoms with van der Waals surface area (Å²) in [6, 6.07) is 4.55. The van der Waals surface area contributed by atoms with Gasteiger partial charge in [-0.25, -0.2) is 9.37 Å². The third-order valence-electron chi connectivity index (χ3n) is 3.24. The van der Waals surface area contributed by atoms with E-state index in [1.165, 1.54) is 18.3 Å². The van der Waals surface area contributed by atoms with Crippen molar-refractivity contribution in [3.05, 3.63) is 52.3 Å². The summed E-state index contributed by atoms with van der Waals surface area (Å²) in [4.78, 5) is 16.0. The van der Waals surface area contributed by atoms with Gasteiger partial charge in [-0.2, -0.15) is 0 Å². The van der Waals surface area contributed by atoms with Crippen LogP contribution in [0, 0.1) is 5.82 Å². The number of aromatic nitrogens is 2. The average molecular weight is 275 g/mol. The lowest BCUT2D eigenvalue weighted by atomic mass is 10.2. The Morgan fingerprint density at radius 1 is 1.45 bits per heavy atom. The van der Waals surface area contributed by atoms with Crippen molar-refractivity contribution >= 4 is 0 Å². The molecule has 0 unspecified atom stereocenters. The Bertz CT molecular complexity index is 695. The summed E-state index contributed by atoms with van der Waals surface area (Å²) in [6.45, 7) is 0.115. The third-order valence-corrected chi connectivity index (χ3v) is 3.24. The van der Waals surface area contributed by atoms with E-state index in [1.807, 2.05) is 0 Å². The fourth-order valence-electron chi connectivity index (χ4n) is 1.99. The summed E-state index contributed by atoms with van der Waals surface area (Å²) in [5.74, 6) is -0.263. The van der Waals surface area contributed by atoms with E-state index in [2.05, 4.69) is 4.98 Å². The number of hydrogen-bond donors (Lipinski definition) is 1. The minimum Gasteiger partial charge on any atom is -0.435 e. The highest BCUT2D eigenvalue weighted by Crippen LogP contribution is 2.33. The van der Waals surface area contributed by atoms with E-state index in [9.17, 15) is 9.18 Å². The van der Waals surface area contributed by atoms with Crippen LogP contribution in [-0.4, -0.2) is 9.55 Å². The predicted molar refractivity (Wildman–Crippen MR) is 71.1 cm³/mol. The first-order valence-corrected chi connectivity index (χ1v) is 6.42. The molecule has 0 atom stereocenters. The van der Waals surface area contributed by atoms with Crippen LogP contribution in [0.3, 0.4) is 0 Å². The largest absolute Gasteiger partial charge is 0.435 e. The van der Waals surface area contributed by atoms with Gasteiger partial charge in [0.05, 0.1) is 0 Å². The molecule has 0 bridgehead atoms. The highest BCUT2D eigenvalue weighted by molar-refractivity contribution is 5.31. The van der Waals surface area contributed by atoms with Crippen molar-refractivity contribution < 1.29 is 9.13 Å². The van der Waals surface area contributed by atoms with Crippen molar-refractivity contribution in [3.8, 4) is 11.6 Å². The molecule has 5 nitrogen and oxygen atoms in total. The quantitative estimate of drug-likeness (QED) is 0.926. The van der Waals surface area contributed by atoms with Crippen molar-refractivity contribution in [2.75, 3.05) is 0 Å². The van der Waals surface area contributed by atoms with Crippen molar-refractivity contribution in [1.29, 1.82) is 0 Å². The topological polar surface area (TPSA) is 70.1 Å². The Labute approximate surface area is 114 Å². The van der Waals surface area contributed by atoms with E-state index in [0.717, 1.165) is 12.8 Å². The first kappa shape index (κ1) is 12.8. The number of nitrogens with two attached hydrogens (primary N) is 1. The van der Waals surface area contributed by atoms with Crippen molar-refractivity contribution in [2.24, 2.45) is 5.73 Å². The molecular formula is C14H14FN3O2. The van der Waals surface area contributed by atoms with Gasteiger partial charge in [0.15, 0.2) is 0 Å². The van der Waals surface area contributed by atoms with Crippen LogP contribution in [-0.2, 0) is 6.54 Å². The molecule has 0 radical (unpaired) electrons. The van der Waals surface area contributed by atoms with Gasteiger partial charge in [-0.05, 0) is 18.9 Å². The van der Waals surface area contributed by atoms with Gasteiger partial charge >= 0.3 is 5.56 Å². The molecule has 0 saturated heterocycles. The zero-order valence-electron chi connectivity index (χ0n) is 10.8. The van der Waals surface area contributed by atoms with Crippen LogP contribution in [0.5, 0.6) is 11.6 Å². The molecule has 1 aromatic heterocycles. The summed E-state index contributed by atoms with van der Waals surface area (Å²) in [6.07, 6.45) is 5.14. The van der Waals surface area contributed by atoms with E-state index in [1.54, 1.807) is 16.8 Å². The zero-order valence-corrected chi connectivity index (χ0v) is 10.8. The van der Waals surface area contributed by atoms with Gasteiger partial charge < -0.3 is 15.0 Å². The van der Waals surface area contributed by atoms with Crippen molar-refractivity contribution in [2.45, 2.75) is 25.4 Å². The maximum atomic E-state index is 13.6. The molecular weight excluding hydrogens is 261 g/mol. The van der Waals surface area contributed by atoms with Gasteiger partial charge in [0, 0.05) is 36.6 Å². The average Bonchev–Trinajstić information content (AvgIpc) is 3.26. The fourth-order valence-corrected chi connectivity index (χ4v) is 1.99. The molecule has 1 fully saturated rings. The van der Waals surface area contributed by atoms with Gasteiger partial charge in [0.1, 0.15) is 11.6 Å². The zero-order chi connectivity index (χ0) is 14.1. The minimum atomic E-state index is -0.455. The predicted octanol–water partition coefficient (Wildman–Crippen LogP) is 1.97. The summed E-state index contributed by atoms with van der Waals surface area (Å²) in [5, 5.41) is 0. The lowest BCUT2D eigenvalue weighted by Crippen LogP contribution is -2.20. The standard InChI is InChI=1S/C14H14FN3O2/c15-12-7-11(4-1-9(12)8-16)20-13-14(19)18(6-5-17-13)10-2-3-10/h1,4-7,10H,2-3,8,16H2. The summed E-state index contributed by atoms with van der Waals surface area (Å²) < 4.78 is 20.6. The second-order valence-corrected chi connectivity index (χ2v) is 4.74. The molecule has 1 heterocycles. The molecule has 1 aromatic carbocycles. The number of hydrogen-bond acceptors (Lipinski definition) is 4. The summed E-state index contributed by atoms with van der Waals surface area (Å²) in [5.41, 5.74) is 5.49. The molecule has 1 aliphatic carbocycles. The Balaban J connectivity index is 1.89. The second kappa shape index (κ2) is 5.05. The van der Waals surface area contributed by atoms with Crippen LogP contribution in [0.2, 0.25) is 0 Å². The Kier molecular flexibility index (Phi) is 3.23. The van der Waals surface area contributed by atoms with E-state index in [0.29, 0.717) is 5.56 Å². The fraction of sp³-hybridized carbons (Fsp3) is 0.286. The summed E-state index contributed by atoms with van der Waals surface area (Å²) in [7, 11) is 0. The number of halogens is 1. The molecule has 104 valence electrons. The molecule has 3 rings (SSSR count). The van der Waals surface area contributed by atoms with E-state index in [4.69, 9.17) is 10.5 Å². The molecule has 1 saturated carbocycles. The van der Waals surface area contributed by atoms with Gasteiger partial charge in [0.25, 0.3) is 5.88 Å². The van der Waals surface area contributed by atoms with Crippen molar-refractivity contribution in [1.82, 2.24) is 9.55 Å². The minimum absolute atomic E-state index is 0.0423. The highest BCUT2D eigenvalue weighted by Gasteiger charge is 2.25. The number of nitrogens with zero attached hydrogens (tertiary/aromatic N) is 2. The van der Waals surface area contributed by atoms with Crippen LogP contribution in [0.25, 0.3) is 0 Å². The maximum absolute atomic E-state index is 13.6. The molecule has 0 aliphatic heterocycles. The first-order chi connectivity index (χ1) is 9.69. The first-order valence-electron chi connectivity index (χ1n) is 6.42. The Morgan fingerprint density at radius 2 is 2.25 bits per heavy atom. The van der Waals surface area contributed by atoms with Gasteiger partial charge in [0.2, 0.25) is 0 Å². The number of rotatable bonds is 4. The smallest absolute Gasteiger partial charge is 0.313 e. The number of benzene rings is 1. The SMILES string of the molecule is NCc1ccc(Oc2nccn(C3CC3)c2=O)cc1F. The third kappa shape index (κ3) is 2.42. The van der Waals surface area contributed by atoms with E-state index in [-0.39, 0.29) is 29.8 Å². The Morgan fingerprint density at radius 3 is 2.90 bits per heavy atom. The summed E-state index contributed by atoms with van der Waals surface area (Å²) >= 11 is 0. The molecule has 0 spiro atoms. The monoisotopic (exact) mass is 275 g/mol. The van der Waals surface area contributed by atoms with Crippen LogP contribution >= 0.6 is 0 Å². The number of ether oxygens (including phenoxy) is 1. The highest BCUT2D eigenvalue weighted by atomic mass is 19.1. The second-order valence-electron chi connectivity index (χ2n) is 4.74. The Hall–Kier alpha value is -2.21. The molecule has 6 heteroatoms. The van der Waals surface area contributed by atoms with E-state index < -0.39 is 5.82 Å². The van der Waals surface area contributed by atoms with Crippen molar-refractivity contribution in [3.63, 3.8) is 0 Å². The molecule has 2 aromatic rings. The molecule has 2 N–H and O–H groups in total.